The lowest BCUT2D eigenvalue weighted by Crippen LogP contribution is -2.41. The summed E-state index contributed by atoms with van der Waals surface area (Å²) < 4.78 is 5.77. The number of ether oxygens (including phenoxy) is 1. The van der Waals surface area contributed by atoms with Crippen molar-refractivity contribution in [2.24, 2.45) is 0 Å². The van der Waals surface area contributed by atoms with Crippen molar-refractivity contribution in [2.75, 3.05) is 19.7 Å². The van der Waals surface area contributed by atoms with Crippen molar-refractivity contribution in [3.63, 3.8) is 0 Å². The third kappa shape index (κ3) is 3.97. The maximum Gasteiger partial charge on any atom is 0.246 e. The molecule has 1 amide bonds. The van der Waals surface area contributed by atoms with Gasteiger partial charge in [0, 0.05) is 29.4 Å². The Morgan fingerprint density at radius 1 is 1.26 bits per heavy atom. The molecule has 1 aliphatic heterocycles. The first-order valence-corrected chi connectivity index (χ1v) is 7.86. The van der Waals surface area contributed by atoms with Gasteiger partial charge in [-0.3, -0.25) is 9.78 Å². The van der Waals surface area contributed by atoms with Crippen LogP contribution in [0, 0.1) is 0 Å². The lowest BCUT2D eigenvalue weighted by atomic mass is 10.1. The minimum absolute atomic E-state index is 0.0454. The van der Waals surface area contributed by atoms with Crippen molar-refractivity contribution in [1.82, 2.24) is 9.88 Å². The molecule has 0 radical (unpaired) electrons. The topological polar surface area (TPSA) is 42.4 Å². The zero-order valence-corrected chi connectivity index (χ0v) is 13.3. The minimum Gasteiger partial charge on any atom is -0.370 e. The lowest BCUT2D eigenvalue weighted by Gasteiger charge is -2.33. The van der Waals surface area contributed by atoms with Gasteiger partial charge in [-0.05, 0) is 24.3 Å². The molecule has 0 N–H and O–H groups in total. The minimum atomic E-state index is -0.190. The van der Waals surface area contributed by atoms with Crippen molar-refractivity contribution in [1.29, 1.82) is 0 Å². The van der Waals surface area contributed by atoms with Crippen LogP contribution in [0.25, 0.3) is 6.08 Å². The third-order valence-electron chi connectivity index (χ3n) is 3.71. The predicted molar refractivity (Wildman–Crippen MR) is 90.0 cm³/mol. The van der Waals surface area contributed by atoms with E-state index in [0.29, 0.717) is 24.7 Å². The molecule has 2 heterocycles. The fourth-order valence-electron chi connectivity index (χ4n) is 2.51. The number of hydrogen-bond acceptors (Lipinski definition) is 3. The Balaban J connectivity index is 1.68. The van der Waals surface area contributed by atoms with Crippen LogP contribution < -0.4 is 0 Å². The Morgan fingerprint density at radius 3 is 2.87 bits per heavy atom. The van der Waals surface area contributed by atoms with Gasteiger partial charge in [0.25, 0.3) is 0 Å². The summed E-state index contributed by atoms with van der Waals surface area (Å²) in [6.45, 7) is 1.57. The Morgan fingerprint density at radius 2 is 2.09 bits per heavy atom. The van der Waals surface area contributed by atoms with Gasteiger partial charge in [0.2, 0.25) is 5.91 Å². The highest BCUT2D eigenvalue weighted by atomic mass is 35.5. The Hall–Kier alpha value is -2.17. The first-order chi connectivity index (χ1) is 11.2. The number of pyridine rings is 1. The largest absolute Gasteiger partial charge is 0.370 e. The van der Waals surface area contributed by atoms with Crippen LogP contribution in [0.1, 0.15) is 17.4 Å². The molecule has 0 aliphatic carbocycles. The van der Waals surface area contributed by atoms with Crippen LogP contribution in [0.4, 0.5) is 0 Å². The molecular formula is C18H17ClN2O2. The summed E-state index contributed by atoms with van der Waals surface area (Å²) in [6, 6.07) is 13.2. The van der Waals surface area contributed by atoms with Crippen molar-refractivity contribution >= 4 is 23.6 Å². The molecule has 118 valence electrons. The second-order valence-corrected chi connectivity index (χ2v) is 5.66. The number of hydrogen-bond donors (Lipinski definition) is 0. The van der Waals surface area contributed by atoms with E-state index in [2.05, 4.69) is 4.98 Å². The van der Waals surface area contributed by atoms with E-state index in [1.54, 1.807) is 23.2 Å². The summed E-state index contributed by atoms with van der Waals surface area (Å²) in [5.74, 6) is -0.0454. The van der Waals surface area contributed by atoms with E-state index in [9.17, 15) is 4.79 Å². The molecule has 1 aromatic carbocycles. The summed E-state index contributed by atoms with van der Waals surface area (Å²) in [5.41, 5.74) is 1.68. The lowest BCUT2D eigenvalue weighted by molar-refractivity contribution is -0.133. The van der Waals surface area contributed by atoms with E-state index in [0.717, 1.165) is 11.3 Å². The van der Waals surface area contributed by atoms with Crippen LogP contribution >= 0.6 is 11.6 Å². The molecule has 3 rings (SSSR count). The number of benzene rings is 1. The predicted octanol–water partition coefficient (Wildman–Crippen LogP) is 3.35. The number of rotatable bonds is 3. The molecule has 1 aromatic heterocycles. The zero-order chi connectivity index (χ0) is 16.1. The van der Waals surface area contributed by atoms with Gasteiger partial charge in [0.15, 0.2) is 0 Å². The summed E-state index contributed by atoms with van der Waals surface area (Å²) in [5, 5.41) is 0.663. The fourth-order valence-corrected chi connectivity index (χ4v) is 2.77. The van der Waals surface area contributed by atoms with Crippen LogP contribution in [-0.2, 0) is 9.53 Å². The van der Waals surface area contributed by atoms with Crippen LogP contribution in [0.3, 0.4) is 0 Å². The fraction of sp³-hybridized carbons (Fsp3) is 0.222. The molecule has 0 bridgehead atoms. The smallest absolute Gasteiger partial charge is 0.246 e. The van der Waals surface area contributed by atoms with Crippen LogP contribution in [-0.4, -0.2) is 35.5 Å². The van der Waals surface area contributed by atoms with E-state index in [4.69, 9.17) is 16.3 Å². The number of carbonyl (C=O) groups excluding carboxylic acids is 1. The number of halogens is 1. The Bertz CT molecular complexity index is 703. The molecule has 1 aliphatic rings. The van der Waals surface area contributed by atoms with E-state index < -0.39 is 0 Å². The Labute approximate surface area is 140 Å². The van der Waals surface area contributed by atoms with Gasteiger partial charge in [-0.2, -0.15) is 0 Å². The van der Waals surface area contributed by atoms with Gasteiger partial charge >= 0.3 is 0 Å². The SMILES string of the molecule is O=C(/C=C\c1ccccn1)N1CCO[C@H](c2ccccc2Cl)C1. The highest BCUT2D eigenvalue weighted by Crippen LogP contribution is 2.28. The van der Waals surface area contributed by atoms with Gasteiger partial charge in [-0.15, -0.1) is 0 Å². The van der Waals surface area contributed by atoms with Crippen molar-refractivity contribution in [3.05, 3.63) is 71.0 Å². The summed E-state index contributed by atoms with van der Waals surface area (Å²) in [4.78, 5) is 18.3. The van der Waals surface area contributed by atoms with E-state index >= 15 is 0 Å². The molecule has 0 saturated carbocycles. The van der Waals surface area contributed by atoms with Gasteiger partial charge < -0.3 is 9.64 Å². The van der Waals surface area contributed by atoms with Crippen LogP contribution in [0.15, 0.2) is 54.7 Å². The van der Waals surface area contributed by atoms with E-state index in [-0.39, 0.29) is 12.0 Å². The van der Waals surface area contributed by atoms with Crippen LogP contribution in [0.5, 0.6) is 0 Å². The second-order valence-electron chi connectivity index (χ2n) is 5.25. The van der Waals surface area contributed by atoms with E-state index in [1.165, 1.54) is 0 Å². The highest BCUT2D eigenvalue weighted by molar-refractivity contribution is 6.31. The van der Waals surface area contributed by atoms with Crippen molar-refractivity contribution < 1.29 is 9.53 Å². The number of nitrogens with zero attached hydrogens (tertiary/aromatic N) is 2. The molecular weight excluding hydrogens is 312 g/mol. The number of morpholine rings is 1. The van der Waals surface area contributed by atoms with E-state index in [1.807, 2.05) is 42.5 Å². The van der Waals surface area contributed by atoms with Crippen molar-refractivity contribution in [3.8, 4) is 0 Å². The maximum absolute atomic E-state index is 12.4. The molecule has 5 heteroatoms. The summed E-state index contributed by atoms with van der Waals surface area (Å²) in [7, 11) is 0. The first-order valence-electron chi connectivity index (χ1n) is 7.48. The standard InChI is InChI=1S/C18H17ClN2O2/c19-16-7-2-1-6-15(16)17-13-21(11-12-23-17)18(22)9-8-14-5-3-4-10-20-14/h1-10,17H,11-13H2/b9-8-/t17-/m0/s1. The van der Waals surface area contributed by atoms with Crippen LogP contribution in [0.2, 0.25) is 5.02 Å². The molecule has 1 atom stereocenters. The van der Waals surface area contributed by atoms with Gasteiger partial charge in [-0.1, -0.05) is 35.9 Å². The zero-order valence-electron chi connectivity index (χ0n) is 12.6. The molecule has 1 saturated heterocycles. The number of aromatic nitrogens is 1. The molecule has 0 unspecified atom stereocenters. The quantitative estimate of drug-likeness (QED) is 0.811. The van der Waals surface area contributed by atoms with Gasteiger partial charge in [0.1, 0.15) is 6.10 Å². The highest BCUT2D eigenvalue weighted by Gasteiger charge is 2.25. The normalized spacial score (nSPS) is 18.3. The maximum atomic E-state index is 12.4. The molecule has 23 heavy (non-hydrogen) atoms. The molecule has 2 aromatic rings. The van der Waals surface area contributed by atoms with Gasteiger partial charge in [0.05, 0.1) is 18.8 Å². The van der Waals surface area contributed by atoms with Gasteiger partial charge in [-0.25, -0.2) is 0 Å². The molecule has 1 fully saturated rings. The van der Waals surface area contributed by atoms with Crippen molar-refractivity contribution in [2.45, 2.75) is 6.10 Å². The first kappa shape index (κ1) is 15.7. The Kier molecular flexibility index (Phi) is 5.05. The molecule has 0 spiro atoms. The molecule has 4 nitrogen and oxygen atoms in total. The monoisotopic (exact) mass is 328 g/mol. The second kappa shape index (κ2) is 7.40. The number of carbonyl (C=O) groups is 1. The summed E-state index contributed by atoms with van der Waals surface area (Å²) in [6.07, 6.45) is 4.79. The average Bonchev–Trinajstić information content (AvgIpc) is 2.61. The third-order valence-corrected chi connectivity index (χ3v) is 4.06. The summed E-state index contributed by atoms with van der Waals surface area (Å²) >= 11 is 6.22. The number of amides is 1. The average molecular weight is 329 g/mol.